The van der Waals surface area contributed by atoms with Crippen LogP contribution in [-0.4, -0.2) is 10.7 Å². The predicted octanol–water partition coefficient (Wildman–Crippen LogP) is 3.44. The summed E-state index contributed by atoms with van der Waals surface area (Å²) >= 11 is 3.26. The molecule has 0 bridgehead atoms. The van der Waals surface area contributed by atoms with Crippen LogP contribution in [0.2, 0.25) is 0 Å². The minimum atomic E-state index is -1.09. The molecule has 1 unspecified atom stereocenters. The van der Waals surface area contributed by atoms with E-state index in [0.29, 0.717) is 10.0 Å². The van der Waals surface area contributed by atoms with Crippen LogP contribution in [0.15, 0.2) is 45.3 Å². The van der Waals surface area contributed by atoms with Crippen LogP contribution in [0.25, 0.3) is 0 Å². The summed E-state index contributed by atoms with van der Waals surface area (Å²) < 4.78 is 5.45. The van der Waals surface area contributed by atoms with Gasteiger partial charge in [0.2, 0.25) is 5.78 Å². The first-order chi connectivity index (χ1) is 9.54. The maximum atomic E-state index is 12.2. The second-order valence-electron chi connectivity index (χ2n) is 3.84. The third-order valence-corrected chi connectivity index (χ3v) is 3.34. The minimum Gasteiger partial charge on any atom is -0.397 e. The number of nitriles is 1. The molecule has 0 saturated heterocycles. The molecule has 20 heavy (non-hydrogen) atoms. The van der Waals surface area contributed by atoms with Gasteiger partial charge in [-0.1, -0.05) is 34.1 Å². The van der Waals surface area contributed by atoms with E-state index in [1.165, 1.54) is 6.07 Å². The summed E-state index contributed by atoms with van der Waals surface area (Å²) in [4.78, 5) is 22.0. The van der Waals surface area contributed by atoms with Gasteiger partial charge in [0.05, 0.1) is 12.1 Å². The normalized spacial score (nSPS) is 11.6. The molecule has 1 aromatic heterocycles. The van der Waals surface area contributed by atoms with Gasteiger partial charge in [-0.2, -0.15) is 5.26 Å². The number of benzene rings is 1. The highest BCUT2D eigenvalue weighted by atomic mass is 79.9. The molecule has 7 heteroatoms. The molecule has 0 aliphatic heterocycles. The summed E-state index contributed by atoms with van der Waals surface area (Å²) in [5.41, 5.74) is 0.485. The number of hydrogen-bond acceptors (Lipinski definition) is 5. The van der Waals surface area contributed by atoms with Crippen LogP contribution < -0.4 is 0 Å². The molecule has 2 rings (SSSR count). The van der Waals surface area contributed by atoms with Crippen LogP contribution in [0.5, 0.6) is 0 Å². The van der Waals surface area contributed by atoms with E-state index in [1.807, 2.05) is 6.07 Å². The Morgan fingerprint density at radius 3 is 2.60 bits per heavy atom. The van der Waals surface area contributed by atoms with Gasteiger partial charge < -0.3 is 4.42 Å². The van der Waals surface area contributed by atoms with Crippen LogP contribution in [0.1, 0.15) is 22.0 Å². The Hall–Kier alpha value is -2.46. The lowest BCUT2D eigenvalue weighted by Gasteiger charge is -2.08. The second kappa shape index (κ2) is 5.67. The van der Waals surface area contributed by atoms with E-state index >= 15 is 0 Å². The van der Waals surface area contributed by atoms with Gasteiger partial charge in [0.25, 0.3) is 0 Å². The SMILES string of the molecule is N#CC(C(=O)c1ccc([N+](=O)[O-])o1)c1ccccc1Br. The van der Waals surface area contributed by atoms with Crippen molar-refractivity contribution < 1.29 is 14.1 Å². The van der Waals surface area contributed by atoms with Crippen molar-refractivity contribution in [2.24, 2.45) is 0 Å². The molecule has 1 aromatic carbocycles. The van der Waals surface area contributed by atoms with Gasteiger partial charge >= 0.3 is 5.88 Å². The third-order valence-electron chi connectivity index (χ3n) is 2.62. The van der Waals surface area contributed by atoms with E-state index < -0.39 is 22.5 Å². The van der Waals surface area contributed by atoms with Crippen molar-refractivity contribution in [1.82, 2.24) is 0 Å². The van der Waals surface area contributed by atoms with Crippen molar-refractivity contribution in [3.63, 3.8) is 0 Å². The largest absolute Gasteiger partial charge is 0.433 e. The first-order valence-corrected chi connectivity index (χ1v) is 6.26. The molecule has 0 N–H and O–H groups in total. The molecule has 0 aliphatic rings. The van der Waals surface area contributed by atoms with Gasteiger partial charge in [-0.15, -0.1) is 0 Å². The average Bonchev–Trinajstić information content (AvgIpc) is 2.91. The number of nitro groups is 1. The Bertz CT molecular complexity index is 717. The van der Waals surface area contributed by atoms with E-state index in [0.717, 1.165) is 6.07 Å². The van der Waals surface area contributed by atoms with Crippen LogP contribution in [0.4, 0.5) is 5.88 Å². The molecule has 0 spiro atoms. The summed E-state index contributed by atoms with van der Waals surface area (Å²) in [6, 6.07) is 11.0. The van der Waals surface area contributed by atoms with Gasteiger partial charge in [-0.25, -0.2) is 0 Å². The minimum absolute atomic E-state index is 0.209. The van der Waals surface area contributed by atoms with Crippen molar-refractivity contribution >= 4 is 27.6 Å². The number of carbonyl (C=O) groups is 1. The molecule has 1 atom stereocenters. The third kappa shape index (κ3) is 2.60. The van der Waals surface area contributed by atoms with Crippen molar-refractivity contribution in [3.8, 4) is 6.07 Å². The second-order valence-corrected chi connectivity index (χ2v) is 4.70. The topological polar surface area (TPSA) is 97.1 Å². The molecule has 0 amide bonds. The fourth-order valence-electron chi connectivity index (χ4n) is 1.68. The molecule has 0 radical (unpaired) electrons. The van der Waals surface area contributed by atoms with E-state index in [9.17, 15) is 20.2 Å². The standard InChI is InChI=1S/C13H7BrN2O4/c14-10-4-2-1-3-8(10)9(7-15)13(17)11-5-6-12(20-11)16(18)19/h1-6,9H. The predicted molar refractivity (Wildman–Crippen MR) is 72.2 cm³/mol. The van der Waals surface area contributed by atoms with E-state index in [2.05, 4.69) is 15.9 Å². The Labute approximate surface area is 121 Å². The first kappa shape index (κ1) is 14.0. The molecule has 0 fully saturated rings. The lowest BCUT2D eigenvalue weighted by atomic mass is 9.95. The fourth-order valence-corrected chi connectivity index (χ4v) is 2.19. The van der Waals surface area contributed by atoms with Gasteiger partial charge in [-0.05, 0) is 17.7 Å². The maximum Gasteiger partial charge on any atom is 0.433 e. The number of halogens is 1. The maximum absolute atomic E-state index is 12.2. The zero-order chi connectivity index (χ0) is 14.7. The number of rotatable bonds is 4. The van der Waals surface area contributed by atoms with Gasteiger partial charge in [0.15, 0.2) is 5.76 Å². The zero-order valence-corrected chi connectivity index (χ0v) is 11.5. The number of carbonyl (C=O) groups excluding carboxylic acids is 1. The van der Waals surface area contributed by atoms with Crippen molar-refractivity contribution in [1.29, 1.82) is 5.26 Å². The van der Waals surface area contributed by atoms with Crippen molar-refractivity contribution in [2.45, 2.75) is 5.92 Å². The zero-order valence-electron chi connectivity index (χ0n) is 9.95. The number of hydrogen-bond donors (Lipinski definition) is 0. The molecule has 0 saturated carbocycles. The van der Waals surface area contributed by atoms with Crippen LogP contribution >= 0.6 is 15.9 Å². The quantitative estimate of drug-likeness (QED) is 0.484. The van der Waals surface area contributed by atoms with E-state index in [1.54, 1.807) is 24.3 Å². The molecular formula is C13H7BrN2O4. The first-order valence-electron chi connectivity index (χ1n) is 5.47. The van der Waals surface area contributed by atoms with Gasteiger partial charge in [0, 0.05) is 4.47 Å². The van der Waals surface area contributed by atoms with Gasteiger partial charge in [0.1, 0.15) is 10.8 Å². The average molecular weight is 335 g/mol. The molecule has 0 aliphatic carbocycles. The summed E-state index contributed by atoms with van der Waals surface area (Å²) in [5.74, 6) is -2.44. The van der Waals surface area contributed by atoms with Crippen LogP contribution in [0, 0.1) is 21.4 Å². The number of furan rings is 1. The summed E-state index contributed by atoms with van der Waals surface area (Å²) in [6.45, 7) is 0. The summed E-state index contributed by atoms with van der Waals surface area (Å²) in [5, 5.41) is 19.7. The van der Waals surface area contributed by atoms with Crippen LogP contribution in [-0.2, 0) is 0 Å². The Balaban J connectivity index is 2.37. The Morgan fingerprint density at radius 2 is 2.05 bits per heavy atom. The lowest BCUT2D eigenvalue weighted by molar-refractivity contribution is -0.402. The van der Waals surface area contributed by atoms with E-state index in [4.69, 9.17) is 4.42 Å². The summed E-state index contributed by atoms with van der Waals surface area (Å²) in [6.07, 6.45) is 0. The number of nitrogens with zero attached hydrogens (tertiary/aromatic N) is 2. The molecular weight excluding hydrogens is 328 g/mol. The molecule has 100 valence electrons. The number of ketones is 1. The van der Waals surface area contributed by atoms with Crippen molar-refractivity contribution in [3.05, 3.63) is 62.3 Å². The number of Topliss-reactive ketones (excluding diaryl/α,β-unsaturated/α-hetero) is 1. The Morgan fingerprint density at radius 1 is 1.35 bits per heavy atom. The smallest absolute Gasteiger partial charge is 0.397 e. The monoisotopic (exact) mass is 334 g/mol. The van der Waals surface area contributed by atoms with E-state index in [-0.39, 0.29) is 5.76 Å². The van der Waals surface area contributed by atoms with Gasteiger partial charge in [-0.3, -0.25) is 14.9 Å². The highest BCUT2D eigenvalue weighted by Crippen LogP contribution is 2.28. The Kier molecular flexibility index (Phi) is 3.96. The molecule has 2 aromatic rings. The fraction of sp³-hybridized carbons (Fsp3) is 0.0769. The molecule has 6 nitrogen and oxygen atoms in total. The lowest BCUT2D eigenvalue weighted by Crippen LogP contribution is -2.11. The van der Waals surface area contributed by atoms with Crippen LogP contribution in [0.3, 0.4) is 0 Å². The van der Waals surface area contributed by atoms with Crippen molar-refractivity contribution in [2.75, 3.05) is 0 Å². The highest BCUT2D eigenvalue weighted by molar-refractivity contribution is 9.10. The highest BCUT2D eigenvalue weighted by Gasteiger charge is 2.27. The summed E-state index contributed by atoms with van der Waals surface area (Å²) in [7, 11) is 0. The molecule has 1 heterocycles.